The Morgan fingerprint density at radius 2 is 2.00 bits per heavy atom. The number of hydrogen-bond donors (Lipinski definition) is 2. The molecule has 0 saturated carbocycles. The van der Waals surface area contributed by atoms with Gasteiger partial charge in [0, 0.05) is 6.07 Å². The third-order valence-electron chi connectivity index (χ3n) is 3.09. The summed E-state index contributed by atoms with van der Waals surface area (Å²) < 4.78 is 42.7. The van der Waals surface area contributed by atoms with Crippen molar-refractivity contribution >= 4 is 17.3 Å². The third kappa shape index (κ3) is 3.45. The van der Waals surface area contributed by atoms with Crippen LogP contribution in [0.15, 0.2) is 22.7 Å². The lowest BCUT2D eigenvalue weighted by Gasteiger charge is -2.11. The molecule has 128 valence electrons. The van der Waals surface area contributed by atoms with Gasteiger partial charge in [0.15, 0.2) is 0 Å². The SMILES string of the molecule is Cc1noc(C)c1C(=O)NNc1ccc(C(F)(F)F)cc1[N+](=O)[O-]. The maximum absolute atomic E-state index is 12.6. The van der Waals surface area contributed by atoms with E-state index in [-0.39, 0.29) is 17.0 Å². The lowest BCUT2D eigenvalue weighted by atomic mass is 10.1. The smallest absolute Gasteiger partial charge is 0.361 e. The van der Waals surface area contributed by atoms with Crippen LogP contribution in [0, 0.1) is 24.0 Å². The maximum atomic E-state index is 12.6. The molecule has 2 rings (SSSR count). The number of rotatable bonds is 4. The van der Waals surface area contributed by atoms with Crippen LogP contribution in [-0.2, 0) is 6.18 Å². The molecule has 2 aromatic rings. The topological polar surface area (TPSA) is 110 Å². The summed E-state index contributed by atoms with van der Waals surface area (Å²) in [5.74, 6) is -0.464. The number of benzene rings is 1. The van der Waals surface area contributed by atoms with Crippen LogP contribution < -0.4 is 10.9 Å². The van der Waals surface area contributed by atoms with Crippen molar-refractivity contribution in [2.45, 2.75) is 20.0 Å². The second-order valence-corrected chi connectivity index (χ2v) is 4.77. The average Bonchev–Trinajstić information content (AvgIpc) is 2.82. The molecule has 0 unspecified atom stereocenters. The fourth-order valence-corrected chi connectivity index (χ4v) is 1.96. The Bertz CT molecular complexity index is 781. The Hall–Kier alpha value is -3.11. The first-order valence-corrected chi connectivity index (χ1v) is 6.46. The van der Waals surface area contributed by atoms with Gasteiger partial charge in [-0.15, -0.1) is 0 Å². The van der Waals surface area contributed by atoms with Crippen molar-refractivity contribution in [1.29, 1.82) is 0 Å². The monoisotopic (exact) mass is 344 g/mol. The predicted molar refractivity (Wildman–Crippen MR) is 75.2 cm³/mol. The van der Waals surface area contributed by atoms with Gasteiger partial charge in [-0.2, -0.15) is 13.2 Å². The van der Waals surface area contributed by atoms with Gasteiger partial charge < -0.3 is 4.52 Å². The average molecular weight is 344 g/mol. The zero-order valence-electron chi connectivity index (χ0n) is 12.4. The Morgan fingerprint density at radius 1 is 1.33 bits per heavy atom. The quantitative estimate of drug-likeness (QED) is 0.652. The number of carbonyl (C=O) groups is 1. The number of nitro groups is 1. The van der Waals surface area contributed by atoms with Crippen molar-refractivity contribution in [1.82, 2.24) is 10.6 Å². The molecule has 8 nitrogen and oxygen atoms in total. The molecule has 1 heterocycles. The van der Waals surface area contributed by atoms with Gasteiger partial charge in [0.2, 0.25) is 0 Å². The summed E-state index contributed by atoms with van der Waals surface area (Å²) in [6.45, 7) is 3.02. The molecular formula is C13H11F3N4O4. The lowest BCUT2D eigenvalue weighted by molar-refractivity contribution is -0.384. The van der Waals surface area contributed by atoms with Crippen LogP contribution in [0.2, 0.25) is 0 Å². The largest absolute Gasteiger partial charge is 0.416 e. The summed E-state index contributed by atoms with van der Waals surface area (Å²) in [4.78, 5) is 22.0. The number of nitrogens with zero attached hydrogens (tertiary/aromatic N) is 2. The summed E-state index contributed by atoms with van der Waals surface area (Å²) in [6.07, 6.45) is -4.72. The molecule has 0 aliphatic rings. The van der Waals surface area contributed by atoms with Crippen molar-refractivity contribution in [2.24, 2.45) is 0 Å². The summed E-state index contributed by atoms with van der Waals surface area (Å²) in [5, 5.41) is 14.5. The summed E-state index contributed by atoms with van der Waals surface area (Å²) in [6, 6.07) is 1.90. The number of nitro benzene ring substituents is 1. The van der Waals surface area contributed by atoms with E-state index in [1.54, 1.807) is 0 Å². The molecule has 0 atom stereocenters. The standard InChI is InChI=1S/C13H11F3N4O4/c1-6-11(7(2)24-19-6)12(21)18-17-9-4-3-8(13(14,15)16)5-10(9)20(22)23/h3-5,17H,1-2H3,(H,18,21). The van der Waals surface area contributed by atoms with Gasteiger partial charge in [-0.3, -0.25) is 25.8 Å². The molecule has 0 radical (unpaired) electrons. The molecule has 1 aromatic carbocycles. The first-order chi connectivity index (χ1) is 11.1. The molecule has 0 saturated heterocycles. The number of halogens is 3. The molecule has 2 N–H and O–H groups in total. The first kappa shape index (κ1) is 17.2. The third-order valence-corrected chi connectivity index (χ3v) is 3.09. The Morgan fingerprint density at radius 3 is 2.50 bits per heavy atom. The fourth-order valence-electron chi connectivity index (χ4n) is 1.96. The lowest BCUT2D eigenvalue weighted by Crippen LogP contribution is -2.30. The predicted octanol–water partition coefficient (Wildman–Crippen LogP) is 2.98. The molecule has 0 spiro atoms. The highest BCUT2D eigenvalue weighted by Gasteiger charge is 2.33. The van der Waals surface area contributed by atoms with E-state index in [1.165, 1.54) is 13.8 Å². The highest BCUT2D eigenvalue weighted by atomic mass is 19.4. The van der Waals surface area contributed by atoms with E-state index in [2.05, 4.69) is 16.0 Å². The van der Waals surface area contributed by atoms with Crippen LogP contribution in [0.5, 0.6) is 0 Å². The van der Waals surface area contributed by atoms with Gasteiger partial charge in [0.25, 0.3) is 11.6 Å². The molecule has 11 heteroatoms. The number of carbonyl (C=O) groups excluding carboxylic acids is 1. The second-order valence-electron chi connectivity index (χ2n) is 4.77. The van der Waals surface area contributed by atoms with E-state index in [0.717, 1.165) is 6.07 Å². The van der Waals surface area contributed by atoms with Gasteiger partial charge >= 0.3 is 6.18 Å². The Kier molecular flexibility index (Phi) is 4.44. The molecule has 24 heavy (non-hydrogen) atoms. The van der Waals surface area contributed by atoms with Gasteiger partial charge in [0.05, 0.1) is 16.2 Å². The van der Waals surface area contributed by atoms with Gasteiger partial charge in [-0.1, -0.05) is 5.16 Å². The van der Waals surface area contributed by atoms with Crippen LogP contribution in [0.25, 0.3) is 0 Å². The summed E-state index contributed by atoms with van der Waals surface area (Å²) in [5.41, 5.74) is 2.52. The van der Waals surface area contributed by atoms with E-state index in [9.17, 15) is 28.1 Å². The first-order valence-electron chi connectivity index (χ1n) is 6.46. The summed E-state index contributed by atoms with van der Waals surface area (Å²) >= 11 is 0. The normalized spacial score (nSPS) is 11.2. The fraction of sp³-hybridized carbons (Fsp3) is 0.231. The minimum Gasteiger partial charge on any atom is -0.361 e. The van der Waals surface area contributed by atoms with E-state index in [4.69, 9.17) is 4.52 Å². The number of nitrogens with one attached hydrogen (secondary N) is 2. The van der Waals surface area contributed by atoms with Crippen LogP contribution in [0.1, 0.15) is 27.4 Å². The van der Waals surface area contributed by atoms with Gasteiger partial charge in [-0.25, -0.2) is 0 Å². The second kappa shape index (κ2) is 6.18. The number of anilines is 1. The van der Waals surface area contributed by atoms with Gasteiger partial charge in [0.1, 0.15) is 17.0 Å². The Balaban J connectivity index is 2.24. The van der Waals surface area contributed by atoms with E-state index in [1.807, 2.05) is 0 Å². The molecular weight excluding hydrogens is 333 g/mol. The molecule has 0 aliphatic carbocycles. The minimum absolute atomic E-state index is 0.122. The number of aromatic nitrogens is 1. The van der Waals surface area contributed by atoms with E-state index >= 15 is 0 Å². The number of hydrogen-bond acceptors (Lipinski definition) is 6. The summed E-state index contributed by atoms with van der Waals surface area (Å²) in [7, 11) is 0. The number of aryl methyl sites for hydroxylation is 2. The Labute approximate surface area is 132 Å². The number of alkyl halides is 3. The minimum atomic E-state index is -4.72. The van der Waals surface area contributed by atoms with Crippen molar-refractivity contribution in [3.63, 3.8) is 0 Å². The van der Waals surface area contributed by atoms with Crippen molar-refractivity contribution in [2.75, 3.05) is 5.43 Å². The molecule has 0 bridgehead atoms. The molecule has 0 aliphatic heterocycles. The van der Waals surface area contributed by atoms with Crippen molar-refractivity contribution in [3.8, 4) is 0 Å². The van der Waals surface area contributed by atoms with Gasteiger partial charge in [-0.05, 0) is 26.0 Å². The number of hydrazine groups is 1. The zero-order valence-corrected chi connectivity index (χ0v) is 12.4. The van der Waals surface area contributed by atoms with E-state index in [0.29, 0.717) is 17.8 Å². The van der Waals surface area contributed by atoms with Crippen LogP contribution in [-0.4, -0.2) is 16.0 Å². The van der Waals surface area contributed by atoms with Crippen molar-refractivity contribution in [3.05, 3.63) is 50.9 Å². The van der Waals surface area contributed by atoms with E-state index < -0.39 is 28.3 Å². The van der Waals surface area contributed by atoms with Crippen LogP contribution in [0.3, 0.4) is 0 Å². The molecule has 0 fully saturated rings. The highest BCUT2D eigenvalue weighted by Crippen LogP contribution is 2.34. The highest BCUT2D eigenvalue weighted by molar-refractivity contribution is 5.96. The zero-order chi connectivity index (χ0) is 18.1. The maximum Gasteiger partial charge on any atom is 0.416 e. The molecule has 1 amide bonds. The van der Waals surface area contributed by atoms with Crippen LogP contribution >= 0.6 is 0 Å². The van der Waals surface area contributed by atoms with Crippen molar-refractivity contribution < 1.29 is 27.4 Å². The molecule has 1 aromatic heterocycles. The number of amides is 1. The van der Waals surface area contributed by atoms with Crippen LogP contribution in [0.4, 0.5) is 24.5 Å².